The molecule has 2 fully saturated rings. The number of rotatable bonds is 6. The summed E-state index contributed by atoms with van der Waals surface area (Å²) in [7, 11) is 0. The van der Waals surface area contributed by atoms with E-state index >= 15 is 0 Å². The molecule has 1 spiro atoms. The molecule has 6 nitrogen and oxygen atoms in total. The van der Waals surface area contributed by atoms with E-state index in [-0.39, 0.29) is 11.8 Å². The minimum Gasteiger partial charge on any atom is -0.340 e. The van der Waals surface area contributed by atoms with Crippen LogP contribution in [-0.4, -0.2) is 41.4 Å². The first-order chi connectivity index (χ1) is 11.1. The lowest BCUT2D eigenvalue weighted by molar-refractivity contribution is -0.130. The summed E-state index contributed by atoms with van der Waals surface area (Å²) in [5.74, 6) is -0.235. The van der Waals surface area contributed by atoms with E-state index in [0.717, 1.165) is 25.7 Å². The molecule has 2 aliphatic rings. The Balaban J connectivity index is 1.38. The van der Waals surface area contributed by atoms with Gasteiger partial charge >= 0.3 is 6.03 Å². The van der Waals surface area contributed by atoms with Crippen molar-refractivity contribution in [1.82, 2.24) is 15.5 Å². The van der Waals surface area contributed by atoms with Crippen molar-refractivity contribution in [2.45, 2.75) is 44.1 Å². The van der Waals surface area contributed by atoms with Gasteiger partial charge in [-0.2, -0.15) is 0 Å². The summed E-state index contributed by atoms with van der Waals surface area (Å²) in [5.41, 5.74) is -0.897. The minimum absolute atomic E-state index is 0.0759. The lowest BCUT2D eigenvalue weighted by Crippen LogP contribution is -2.49. The predicted octanol–water partition coefficient (Wildman–Crippen LogP) is 1.66. The number of likely N-dealkylation sites (tertiary alicyclic amines) is 1. The van der Waals surface area contributed by atoms with Gasteiger partial charge in [0.25, 0.3) is 5.91 Å². The summed E-state index contributed by atoms with van der Waals surface area (Å²) >= 11 is 1.77. The third kappa shape index (κ3) is 3.55. The second-order valence-electron chi connectivity index (χ2n) is 6.20. The molecule has 23 heavy (non-hydrogen) atoms. The largest absolute Gasteiger partial charge is 0.340 e. The Morgan fingerprint density at radius 2 is 2.17 bits per heavy atom. The van der Waals surface area contributed by atoms with E-state index in [1.807, 2.05) is 0 Å². The van der Waals surface area contributed by atoms with Crippen LogP contribution in [-0.2, 0) is 16.0 Å². The molecule has 0 radical (unpaired) electrons. The topological polar surface area (TPSA) is 78.5 Å². The summed E-state index contributed by atoms with van der Waals surface area (Å²) in [6.45, 7) is 0.820. The first-order valence-electron chi connectivity index (χ1n) is 8.03. The van der Waals surface area contributed by atoms with Gasteiger partial charge in [-0.1, -0.05) is 12.5 Å². The molecule has 2 saturated heterocycles. The molecule has 2 aliphatic heterocycles. The van der Waals surface area contributed by atoms with Crippen molar-refractivity contribution in [2.75, 3.05) is 13.1 Å². The molecule has 0 bridgehead atoms. The highest BCUT2D eigenvalue weighted by molar-refractivity contribution is 7.09. The van der Waals surface area contributed by atoms with Crippen LogP contribution in [0.4, 0.5) is 4.79 Å². The Morgan fingerprint density at radius 3 is 2.87 bits per heavy atom. The van der Waals surface area contributed by atoms with E-state index in [0.29, 0.717) is 25.9 Å². The zero-order valence-corrected chi connectivity index (χ0v) is 13.8. The molecule has 0 unspecified atom stereocenters. The van der Waals surface area contributed by atoms with Crippen LogP contribution in [0.25, 0.3) is 0 Å². The van der Waals surface area contributed by atoms with Crippen LogP contribution in [0, 0.1) is 0 Å². The lowest BCUT2D eigenvalue weighted by Gasteiger charge is -2.21. The number of nitrogens with zero attached hydrogens (tertiary/aromatic N) is 1. The van der Waals surface area contributed by atoms with Crippen LogP contribution in [0.5, 0.6) is 0 Å². The summed E-state index contributed by atoms with van der Waals surface area (Å²) in [6.07, 6.45) is 5.07. The van der Waals surface area contributed by atoms with Gasteiger partial charge in [-0.25, -0.2) is 4.79 Å². The number of hydrogen-bond donors (Lipinski definition) is 2. The molecular formula is C16H21N3O3S. The molecule has 0 aliphatic carbocycles. The number of aryl methyl sites for hydroxylation is 1. The number of urea groups is 1. The molecule has 1 aromatic heterocycles. The molecule has 0 saturated carbocycles. The number of unbranched alkanes of at least 4 members (excludes halogenated alkanes) is 2. The van der Waals surface area contributed by atoms with Crippen LogP contribution < -0.4 is 10.6 Å². The van der Waals surface area contributed by atoms with Gasteiger partial charge < -0.3 is 10.2 Å². The van der Waals surface area contributed by atoms with Gasteiger partial charge in [0, 0.05) is 17.8 Å². The second kappa shape index (κ2) is 6.70. The fourth-order valence-corrected chi connectivity index (χ4v) is 3.95. The van der Waals surface area contributed by atoms with Gasteiger partial charge in [0.05, 0.1) is 6.54 Å². The average molecular weight is 335 g/mol. The third-order valence-corrected chi connectivity index (χ3v) is 5.47. The zero-order valence-electron chi connectivity index (χ0n) is 13.0. The summed E-state index contributed by atoms with van der Waals surface area (Å²) in [5, 5.41) is 7.00. The molecule has 1 atom stereocenters. The zero-order chi connectivity index (χ0) is 16.3. The van der Waals surface area contributed by atoms with Gasteiger partial charge in [-0.3, -0.25) is 14.9 Å². The highest BCUT2D eigenvalue weighted by atomic mass is 32.1. The molecule has 2 N–H and O–H groups in total. The van der Waals surface area contributed by atoms with Crippen molar-refractivity contribution in [2.24, 2.45) is 0 Å². The standard InChI is InChI=1S/C16H21N3O3S/c20-13(7-3-1-2-5-12-6-4-10-23-12)19-9-8-16(11-19)14(21)17-15(22)18-16/h4,6,10H,1-3,5,7-9,11H2,(H2,17,18,21,22)/t16-/m1/s1. The maximum atomic E-state index is 12.2. The van der Waals surface area contributed by atoms with E-state index in [1.54, 1.807) is 16.2 Å². The second-order valence-corrected chi connectivity index (χ2v) is 7.23. The van der Waals surface area contributed by atoms with Crippen molar-refractivity contribution in [3.63, 3.8) is 0 Å². The van der Waals surface area contributed by atoms with E-state index in [2.05, 4.69) is 28.1 Å². The fraction of sp³-hybridized carbons (Fsp3) is 0.562. The van der Waals surface area contributed by atoms with Gasteiger partial charge in [-0.15, -0.1) is 11.3 Å². The van der Waals surface area contributed by atoms with Gasteiger partial charge in [0.1, 0.15) is 5.54 Å². The Morgan fingerprint density at radius 1 is 1.30 bits per heavy atom. The van der Waals surface area contributed by atoms with Crippen LogP contribution in [0.3, 0.4) is 0 Å². The Bertz CT molecular complexity index is 602. The van der Waals surface area contributed by atoms with Gasteiger partial charge in [0.15, 0.2) is 0 Å². The summed E-state index contributed by atoms with van der Waals surface area (Å²) < 4.78 is 0. The average Bonchev–Trinajstić information content (AvgIpc) is 3.21. The van der Waals surface area contributed by atoms with E-state index in [4.69, 9.17) is 0 Å². The molecular weight excluding hydrogens is 314 g/mol. The first-order valence-corrected chi connectivity index (χ1v) is 8.91. The number of imide groups is 1. The molecule has 3 heterocycles. The van der Waals surface area contributed by atoms with Crippen molar-refractivity contribution in [3.8, 4) is 0 Å². The number of hydrogen-bond acceptors (Lipinski definition) is 4. The van der Waals surface area contributed by atoms with E-state index < -0.39 is 11.6 Å². The normalized spacial score (nSPS) is 23.4. The summed E-state index contributed by atoms with van der Waals surface area (Å²) in [6, 6.07) is 3.74. The third-order valence-electron chi connectivity index (χ3n) is 4.53. The summed E-state index contributed by atoms with van der Waals surface area (Å²) in [4.78, 5) is 38.5. The highest BCUT2D eigenvalue weighted by Gasteiger charge is 2.51. The highest BCUT2D eigenvalue weighted by Crippen LogP contribution is 2.25. The Hall–Kier alpha value is -1.89. The van der Waals surface area contributed by atoms with Crippen LogP contribution in [0.15, 0.2) is 17.5 Å². The monoisotopic (exact) mass is 335 g/mol. The molecule has 1 aromatic rings. The van der Waals surface area contributed by atoms with Crippen LogP contribution in [0.2, 0.25) is 0 Å². The fourth-order valence-electron chi connectivity index (χ4n) is 3.20. The van der Waals surface area contributed by atoms with Crippen molar-refractivity contribution in [1.29, 1.82) is 0 Å². The van der Waals surface area contributed by atoms with Gasteiger partial charge in [0.2, 0.25) is 5.91 Å². The first kappa shape index (κ1) is 16.0. The Labute approximate surface area is 139 Å². The number of carbonyl (C=O) groups is 3. The quantitative estimate of drug-likeness (QED) is 0.613. The maximum absolute atomic E-state index is 12.2. The number of nitrogens with one attached hydrogen (secondary N) is 2. The molecule has 7 heteroatoms. The number of amides is 4. The number of carbonyl (C=O) groups excluding carboxylic acids is 3. The smallest absolute Gasteiger partial charge is 0.322 e. The van der Waals surface area contributed by atoms with Crippen LogP contribution in [0.1, 0.15) is 37.0 Å². The lowest BCUT2D eigenvalue weighted by atomic mass is 9.99. The maximum Gasteiger partial charge on any atom is 0.322 e. The van der Waals surface area contributed by atoms with Crippen LogP contribution >= 0.6 is 11.3 Å². The molecule has 4 amide bonds. The predicted molar refractivity (Wildman–Crippen MR) is 87.1 cm³/mol. The SMILES string of the molecule is O=C1NC(=O)[C@]2(CCN(C(=O)CCCCCc3cccs3)C2)N1. The number of thiophene rings is 1. The Kier molecular flexibility index (Phi) is 4.66. The van der Waals surface area contributed by atoms with E-state index in [9.17, 15) is 14.4 Å². The van der Waals surface area contributed by atoms with Gasteiger partial charge in [-0.05, 0) is 37.1 Å². The molecule has 3 rings (SSSR count). The van der Waals surface area contributed by atoms with Crippen molar-refractivity contribution < 1.29 is 14.4 Å². The minimum atomic E-state index is -0.897. The molecule has 124 valence electrons. The van der Waals surface area contributed by atoms with Crippen molar-refractivity contribution >= 4 is 29.2 Å². The molecule has 0 aromatic carbocycles. The van der Waals surface area contributed by atoms with Crippen molar-refractivity contribution in [3.05, 3.63) is 22.4 Å². The van der Waals surface area contributed by atoms with E-state index in [1.165, 1.54) is 4.88 Å².